The van der Waals surface area contributed by atoms with Crippen LogP contribution < -0.4 is 4.74 Å². The van der Waals surface area contributed by atoms with Crippen LogP contribution in [0.15, 0.2) is 28.9 Å². The third-order valence-corrected chi connectivity index (χ3v) is 3.05. The van der Waals surface area contributed by atoms with E-state index in [0.717, 1.165) is 15.4 Å². The van der Waals surface area contributed by atoms with Crippen molar-refractivity contribution >= 4 is 26.8 Å². The zero-order chi connectivity index (χ0) is 13.3. The van der Waals surface area contributed by atoms with Crippen LogP contribution >= 0.6 is 15.9 Å². The monoisotopic (exact) mass is 315 g/mol. The molecule has 0 N–H and O–H groups in total. The van der Waals surface area contributed by atoms with E-state index in [2.05, 4.69) is 25.7 Å². The van der Waals surface area contributed by atoms with Gasteiger partial charge >= 0.3 is 6.61 Å². The smallest absolute Gasteiger partial charge is 0.387 e. The van der Waals surface area contributed by atoms with Crippen molar-refractivity contribution in [3.8, 4) is 5.75 Å². The van der Waals surface area contributed by atoms with Gasteiger partial charge in [0.25, 0.3) is 0 Å². The predicted molar refractivity (Wildman–Crippen MR) is 70.2 cm³/mol. The minimum absolute atomic E-state index is 0.124. The Labute approximate surface area is 112 Å². The summed E-state index contributed by atoms with van der Waals surface area (Å²) in [6, 6.07) is 5.41. The van der Waals surface area contributed by atoms with Crippen molar-refractivity contribution in [3.63, 3.8) is 0 Å². The Hall–Kier alpha value is -1.23. The number of ether oxygens (including phenoxy) is 1. The van der Waals surface area contributed by atoms with Crippen LogP contribution in [0, 0.1) is 0 Å². The van der Waals surface area contributed by atoms with E-state index in [-0.39, 0.29) is 11.7 Å². The van der Waals surface area contributed by atoms with Crippen molar-refractivity contribution in [2.45, 2.75) is 26.4 Å². The molecule has 96 valence electrons. The minimum Gasteiger partial charge on any atom is -0.432 e. The first-order chi connectivity index (χ1) is 8.47. The van der Waals surface area contributed by atoms with Gasteiger partial charge in [-0.2, -0.15) is 8.78 Å². The molecule has 0 fully saturated rings. The number of halogens is 3. The number of aromatic nitrogens is 1. The van der Waals surface area contributed by atoms with Crippen LogP contribution in [0.3, 0.4) is 0 Å². The average molecular weight is 316 g/mol. The molecular weight excluding hydrogens is 304 g/mol. The lowest BCUT2D eigenvalue weighted by molar-refractivity contribution is -0.0489. The lowest BCUT2D eigenvalue weighted by Crippen LogP contribution is -2.04. The molecule has 1 aromatic carbocycles. The fraction of sp³-hybridized carbons (Fsp3) is 0.308. The summed E-state index contributed by atoms with van der Waals surface area (Å²) in [4.78, 5) is 4.13. The Balaban J connectivity index is 2.64. The Kier molecular flexibility index (Phi) is 3.80. The lowest BCUT2D eigenvalue weighted by Gasteiger charge is -2.12. The van der Waals surface area contributed by atoms with Crippen LogP contribution in [0.5, 0.6) is 5.75 Å². The highest BCUT2D eigenvalue weighted by atomic mass is 79.9. The molecule has 2 rings (SSSR count). The number of benzene rings is 1. The highest BCUT2D eigenvalue weighted by Gasteiger charge is 2.13. The standard InChI is InChI=1S/C13H12BrF2NO/c1-7(2)8-3-9-4-10(14)6-17-12(9)11(5-8)18-13(15)16/h3-7,13H,1-2H3. The summed E-state index contributed by atoms with van der Waals surface area (Å²) in [5.74, 6) is 0.354. The molecule has 0 aliphatic heterocycles. The quantitative estimate of drug-likeness (QED) is 0.817. The summed E-state index contributed by atoms with van der Waals surface area (Å²) >= 11 is 3.32. The van der Waals surface area contributed by atoms with Gasteiger partial charge in [-0.05, 0) is 45.6 Å². The summed E-state index contributed by atoms with van der Waals surface area (Å²) < 4.78 is 30.2. The van der Waals surface area contributed by atoms with E-state index in [1.54, 1.807) is 12.3 Å². The van der Waals surface area contributed by atoms with Crippen LogP contribution in [0.25, 0.3) is 10.9 Å². The lowest BCUT2D eigenvalue weighted by atomic mass is 10.0. The van der Waals surface area contributed by atoms with Gasteiger partial charge in [0.15, 0.2) is 5.75 Å². The zero-order valence-corrected chi connectivity index (χ0v) is 11.5. The maximum atomic E-state index is 12.4. The molecule has 0 radical (unpaired) electrons. The largest absolute Gasteiger partial charge is 0.432 e. The number of fused-ring (bicyclic) bond motifs is 1. The highest BCUT2D eigenvalue weighted by Crippen LogP contribution is 2.31. The van der Waals surface area contributed by atoms with E-state index < -0.39 is 6.61 Å². The SMILES string of the molecule is CC(C)c1cc(OC(F)F)c2ncc(Br)cc2c1. The Morgan fingerprint density at radius 3 is 2.56 bits per heavy atom. The van der Waals surface area contributed by atoms with Gasteiger partial charge in [0.1, 0.15) is 5.52 Å². The van der Waals surface area contributed by atoms with Crippen LogP contribution in [0.1, 0.15) is 25.3 Å². The van der Waals surface area contributed by atoms with Gasteiger partial charge in [-0.3, -0.25) is 4.98 Å². The fourth-order valence-electron chi connectivity index (χ4n) is 1.73. The van der Waals surface area contributed by atoms with E-state index in [4.69, 9.17) is 0 Å². The summed E-state index contributed by atoms with van der Waals surface area (Å²) in [7, 11) is 0. The molecule has 2 nitrogen and oxygen atoms in total. The van der Waals surface area contributed by atoms with Gasteiger partial charge in [-0.25, -0.2) is 0 Å². The molecule has 0 aliphatic rings. The zero-order valence-electron chi connectivity index (χ0n) is 9.95. The van der Waals surface area contributed by atoms with E-state index in [0.29, 0.717) is 5.52 Å². The van der Waals surface area contributed by atoms with Gasteiger partial charge in [-0.15, -0.1) is 0 Å². The summed E-state index contributed by atoms with van der Waals surface area (Å²) in [5, 5.41) is 0.784. The van der Waals surface area contributed by atoms with E-state index in [1.807, 2.05) is 26.0 Å². The van der Waals surface area contributed by atoms with Crippen LogP contribution in [-0.4, -0.2) is 11.6 Å². The number of nitrogens with zero attached hydrogens (tertiary/aromatic N) is 1. The Bertz CT molecular complexity index is 572. The molecule has 0 saturated heterocycles. The molecule has 1 aromatic heterocycles. The second-order valence-corrected chi connectivity index (χ2v) is 5.19. The molecule has 0 amide bonds. The van der Waals surface area contributed by atoms with Crippen LogP contribution in [0.2, 0.25) is 0 Å². The molecule has 5 heteroatoms. The minimum atomic E-state index is -2.85. The van der Waals surface area contributed by atoms with Crippen molar-refractivity contribution < 1.29 is 13.5 Å². The normalized spacial score (nSPS) is 11.5. The molecule has 2 aromatic rings. The molecule has 0 unspecified atom stereocenters. The predicted octanol–water partition coefficient (Wildman–Crippen LogP) is 4.72. The van der Waals surface area contributed by atoms with Crippen molar-refractivity contribution in [1.82, 2.24) is 4.98 Å². The first-order valence-corrected chi connectivity index (χ1v) is 6.30. The first-order valence-electron chi connectivity index (χ1n) is 5.51. The summed E-state index contributed by atoms with van der Waals surface area (Å²) in [6.07, 6.45) is 1.57. The van der Waals surface area contributed by atoms with E-state index >= 15 is 0 Å². The maximum absolute atomic E-state index is 12.4. The molecule has 18 heavy (non-hydrogen) atoms. The molecule has 1 heterocycles. The van der Waals surface area contributed by atoms with Gasteiger partial charge in [0.2, 0.25) is 0 Å². The molecule has 0 bridgehead atoms. The molecule has 0 spiro atoms. The van der Waals surface area contributed by atoms with Crippen molar-refractivity contribution in [2.24, 2.45) is 0 Å². The number of hydrogen-bond acceptors (Lipinski definition) is 2. The number of rotatable bonds is 3. The molecule has 0 atom stereocenters. The number of hydrogen-bond donors (Lipinski definition) is 0. The maximum Gasteiger partial charge on any atom is 0.387 e. The highest BCUT2D eigenvalue weighted by molar-refractivity contribution is 9.10. The number of pyridine rings is 1. The topological polar surface area (TPSA) is 22.1 Å². The molecular formula is C13H12BrF2NO. The average Bonchev–Trinajstić information content (AvgIpc) is 2.27. The second-order valence-electron chi connectivity index (χ2n) is 4.28. The molecule has 0 aliphatic carbocycles. The molecule has 0 saturated carbocycles. The fourth-order valence-corrected chi connectivity index (χ4v) is 2.08. The van der Waals surface area contributed by atoms with Gasteiger partial charge in [-0.1, -0.05) is 13.8 Å². The second kappa shape index (κ2) is 5.18. The van der Waals surface area contributed by atoms with Crippen LogP contribution in [-0.2, 0) is 0 Å². The van der Waals surface area contributed by atoms with Crippen molar-refractivity contribution in [2.75, 3.05) is 0 Å². The third-order valence-electron chi connectivity index (χ3n) is 2.62. The van der Waals surface area contributed by atoms with Gasteiger partial charge < -0.3 is 4.74 Å². The third kappa shape index (κ3) is 2.77. The van der Waals surface area contributed by atoms with Crippen molar-refractivity contribution in [3.05, 3.63) is 34.4 Å². The Morgan fingerprint density at radius 1 is 1.22 bits per heavy atom. The summed E-state index contributed by atoms with van der Waals surface area (Å²) in [6.45, 7) is 1.15. The van der Waals surface area contributed by atoms with Gasteiger partial charge in [0, 0.05) is 16.1 Å². The summed E-state index contributed by atoms with van der Waals surface area (Å²) in [5.41, 5.74) is 1.39. The Morgan fingerprint density at radius 2 is 1.94 bits per heavy atom. The van der Waals surface area contributed by atoms with Crippen LogP contribution in [0.4, 0.5) is 8.78 Å². The van der Waals surface area contributed by atoms with E-state index in [1.165, 1.54) is 0 Å². The number of alkyl halides is 2. The first kappa shape index (κ1) is 13.2. The van der Waals surface area contributed by atoms with Gasteiger partial charge in [0.05, 0.1) is 0 Å². The van der Waals surface area contributed by atoms with Crippen molar-refractivity contribution in [1.29, 1.82) is 0 Å². The van der Waals surface area contributed by atoms with E-state index in [9.17, 15) is 8.78 Å².